The number of hydrogen-bond acceptors (Lipinski definition) is 6. The Morgan fingerprint density at radius 3 is 2.21 bits per heavy atom. The summed E-state index contributed by atoms with van der Waals surface area (Å²) in [6, 6.07) is 14.5. The number of carbonyl (C=O) groups excluding carboxylic acids is 2. The smallest absolute Gasteiger partial charge is 0.407 e. The minimum absolute atomic E-state index is 0.0221. The number of fused-ring (bicyclic) bond motifs is 3. The first-order chi connectivity index (χ1) is 15.9. The summed E-state index contributed by atoms with van der Waals surface area (Å²) < 4.78 is 16.3. The van der Waals surface area contributed by atoms with Crippen molar-refractivity contribution in [3.63, 3.8) is 0 Å². The van der Waals surface area contributed by atoms with Crippen molar-refractivity contribution >= 4 is 18.0 Å². The Morgan fingerprint density at radius 2 is 1.64 bits per heavy atom. The van der Waals surface area contributed by atoms with Crippen molar-refractivity contribution in [1.29, 1.82) is 0 Å². The van der Waals surface area contributed by atoms with Crippen LogP contribution in [0.2, 0.25) is 0 Å². The van der Waals surface area contributed by atoms with Gasteiger partial charge in [0.05, 0.1) is 26.2 Å². The normalized spacial score (nSPS) is 17.0. The maximum Gasteiger partial charge on any atom is 0.407 e. The molecule has 2 amide bonds. The number of carbonyl (C=O) groups is 3. The zero-order valence-electron chi connectivity index (χ0n) is 18.2. The zero-order chi connectivity index (χ0) is 23.4. The van der Waals surface area contributed by atoms with E-state index in [0.717, 1.165) is 22.3 Å². The number of rotatable bonds is 8. The largest absolute Gasteiger partial charge is 0.481 e. The van der Waals surface area contributed by atoms with Crippen LogP contribution < -0.4 is 10.6 Å². The van der Waals surface area contributed by atoms with Gasteiger partial charge >= 0.3 is 12.1 Å². The molecule has 2 aliphatic rings. The maximum atomic E-state index is 12.5. The quantitative estimate of drug-likeness (QED) is 0.559. The number of ether oxygens (including phenoxy) is 3. The molecule has 1 aliphatic heterocycles. The van der Waals surface area contributed by atoms with Crippen LogP contribution in [-0.4, -0.2) is 61.3 Å². The Hall–Kier alpha value is -3.43. The second-order valence-corrected chi connectivity index (χ2v) is 8.17. The molecule has 3 N–H and O–H groups in total. The van der Waals surface area contributed by atoms with Gasteiger partial charge in [0, 0.05) is 5.92 Å². The second kappa shape index (κ2) is 9.60. The Morgan fingerprint density at radius 1 is 1.06 bits per heavy atom. The van der Waals surface area contributed by atoms with E-state index in [4.69, 9.17) is 14.2 Å². The number of aliphatic carboxylic acids is 1. The summed E-state index contributed by atoms with van der Waals surface area (Å²) in [5, 5.41) is 14.1. The van der Waals surface area contributed by atoms with E-state index >= 15 is 0 Å². The van der Waals surface area contributed by atoms with Crippen molar-refractivity contribution < 1.29 is 33.7 Å². The lowest BCUT2D eigenvalue weighted by Gasteiger charge is -2.24. The first-order valence-corrected chi connectivity index (χ1v) is 10.8. The molecule has 1 unspecified atom stereocenters. The van der Waals surface area contributed by atoms with E-state index in [1.807, 2.05) is 48.5 Å². The van der Waals surface area contributed by atoms with Gasteiger partial charge in [0.15, 0.2) is 5.79 Å². The lowest BCUT2D eigenvalue weighted by atomic mass is 9.98. The van der Waals surface area contributed by atoms with Gasteiger partial charge in [-0.05, 0) is 29.2 Å². The van der Waals surface area contributed by atoms with Crippen LogP contribution in [0.15, 0.2) is 48.5 Å². The molecular weight excluding hydrogens is 428 g/mol. The first-order valence-electron chi connectivity index (χ1n) is 10.8. The second-order valence-electron chi connectivity index (χ2n) is 8.17. The Labute approximate surface area is 191 Å². The predicted molar refractivity (Wildman–Crippen MR) is 118 cm³/mol. The van der Waals surface area contributed by atoms with Crippen LogP contribution in [0, 0.1) is 0 Å². The summed E-state index contributed by atoms with van der Waals surface area (Å²) >= 11 is 0. The van der Waals surface area contributed by atoms with Crippen LogP contribution in [0.5, 0.6) is 0 Å². The number of hydrogen-bond donors (Lipinski definition) is 3. The molecule has 1 atom stereocenters. The zero-order valence-corrected chi connectivity index (χ0v) is 18.2. The third kappa shape index (κ3) is 5.15. The molecular formula is C24H26N2O7. The van der Waals surface area contributed by atoms with Gasteiger partial charge in [-0.25, -0.2) is 4.79 Å². The molecule has 1 aliphatic carbocycles. The molecule has 2 aromatic rings. The number of nitrogens with one attached hydrogen (secondary N) is 2. The molecule has 1 heterocycles. The van der Waals surface area contributed by atoms with Crippen LogP contribution >= 0.6 is 0 Å². The van der Waals surface area contributed by atoms with Crippen LogP contribution in [0.3, 0.4) is 0 Å². The number of alkyl carbamates (subject to hydrolysis) is 1. The predicted octanol–water partition coefficient (Wildman–Crippen LogP) is 2.25. The molecule has 0 spiro atoms. The molecule has 2 aromatic carbocycles. The summed E-state index contributed by atoms with van der Waals surface area (Å²) in [5.41, 5.74) is 4.29. The molecule has 0 saturated carbocycles. The van der Waals surface area contributed by atoms with Gasteiger partial charge < -0.3 is 30.0 Å². The van der Waals surface area contributed by atoms with Crippen molar-refractivity contribution in [3.8, 4) is 11.1 Å². The van der Waals surface area contributed by atoms with Crippen LogP contribution in [0.25, 0.3) is 11.1 Å². The van der Waals surface area contributed by atoms with Crippen molar-refractivity contribution in [1.82, 2.24) is 10.6 Å². The molecule has 9 nitrogen and oxygen atoms in total. The van der Waals surface area contributed by atoms with Gasteiger partial charge in [0.2, 0.25) is 5.91 Å². The first kappa shape index (κ1) is 22.8. The number of carboxylic acid groups (broad SMARTS) is 1. The lowest BCUT2D eigenvalue weighted by Crippen LogP contribution is -2.51. The van der Waals surface area contributed by atoms with Crippen molar-refractivity contribution in [2.45, 2.75) is 31.1 Å². The number of benzene rings is 2. The van der Waals surface area contributed by atoms with Gasteiger partial charge in [0.25, 0.3) is 0 Å². The average molecular weight is 454 g/mol. The average Bonchev–Trinajstić information content (AvgIpc) is 3.37. The summed E-state index contributed by atoms with van der Waals surface area (Å²) in [7, 11) is 0. The Kier molecular flexibility index (Phi) is 6.62. The van der Waals surface area contributed by atoms with Gasteiger partial charge in [-0.2, -0.15) is 0 Å². The van der Waals surface area contributed by atoms with E-state index < -0.39 is 36.2 Å². The molecule has 0 aromatic heterocycles. The highest BCUT2D eigenvalue weighted by atomic mass is 16.7. The van der Waals surface area contributed by atoms with Gasteiger partial charge in [-0.3, -0.25) is 9.59 Å². The van der Waals surface area contributed by atoms with Crippen LogP contribution in [-0.2, 0) is 23.8 Å². The van der Waals surface area contributed by atoms with E-state index in [1.54, 1.807) is 6.92 Å². The summed E-state index contributed by atoms with van der Waals surface area (Å²) in [6.07, 6.45) is -1.45. The van der Waals surface area contributed by atoms with Gasteiger partial charge in [0.1, 0.15) is 12.6 Å². The third-order valence-electron chi connectivity index (χ3n) is 5.81. The highest BCUT2D eigenvalue weighted by Gasteiger charge is 2.34. The van der Waals surface area contributed by atoms with Crippen LogP contribution in [0.1, 0.15) is 30.4 Å². The molecule has 174 valence electrons. The molecule has 1 saturated heterocycles. The van der Waals surface area contributed by atoms with E-state index in [1.165, 1.54) is 0 Å². The standard InChI is InChI=1S/C24H26N2O7/c1-24(32-10-11-33-24)14-25-22(29)20(12-21(27)28)26-23(30)31-13-19-17-8-4-2-6-15(17)16-7-3-5-9-18(16)19/h2-9,19-20H,10-14H2,1H3,(H,25,29)(H,26,30)(H,27,28). The lowest BCUT2D eigenvalue weighted by molar-refractivity contribution is -0.147. The van der Waals surface area contributed by atoms with E-state index in [0.29, 0.717) is 13.2 Å². The highest BCUT2D eigenvalue weighted by molar-refractivity contribution is 5.89. The Bertz CT molecular complexity index is 1000. The summed E-state index contributed by atoms with van der Waals surface area (Å²) in [6.45, 7) is 2.56. The fourth-order valence-corrected chi connectivity index (χ4v) is 4.20. The topological polar surface area (TPSA) is 123 Å². The van der Waals surface area contributed by atoms with Gasteiger partial charge in [-0.15, -0.1) is 0 Å². The van der Waals surface area contributed by atoms with E-state index in [-0.39, 0.29) is 19.1 Å². The molecule has 4 rings (SSSR count). The molecule has 33 heavy (non-hydrogen) atoms. The minimum Gasteiger partial charge on any atom is -0.481 e. The van der Waals surface area contributed by atoms with Crippen molar-refractivity contribution in [2.75, 3.05) is 26.4 Å². The minimum atomic E-state index is -1.30. The molecule has 1 fully saturated rings. The van der Waals surface area contributed by atoms with Gasteiger partial charge in [-0.1, -0.05) is 48.5 Å². The number of carboxylic acids is 1. The SMILES string of the molecule is CC1(CNC(=O)C(CC(=O)O)NC(=O)OCC2c3ccccc3-c3ccccc32)OCCO1. The van der Waals surface area contributed by atoms with Crippen molar-refractivity contribution in [3.05, 3.63) is 59.7 Å². The number of amides is 2. The Balaban J connectivity index is 1.38. The monoisotopic (exact) mass is 454 g/mol. The maximum absolute atomic E-state index is 12.5. The summed E-state index contributed by atoms with van der Waals surface area (Å²) in [4.78, 5) is 36.3. The third-order valence-corrected chi connectivity index (χ3v) is 5.81. The van der Waals surface area contributed by atoms with Crippen LogP contribution in [0.4, 0.5) is 4.79 Å². The molecule has 0 bridgehead atoms. The molecule has 0 radical (unpaired) electrons. The van der Waals surface area contributed by atoms with Crippen molar-refractivity contribution in [2.24, 2.45) is 0 Å². The highest BCUT2D eigenvalue weighted by Crippen LogP contribution is 2.44. The summed E-state index contributed by atoms with van der Waals surface area (Å²) in [5.74, 6) is -3.01. The van der Waals surface area contributed by atoms with E-state index in [2.05, 4.69) is 10.6 Å². The molecule has 9 heteroatoms. The fraction of sp³-hybridized carbons (Fsp3) is 0.375. The van der Waals surface area contributed by atoms with E-state index in [9.17, 15) is 19.5 Å². The fourth-order valence-electron chi connectivity index (χ4n) is 4.20.